The minimum absolute atomic E-state index is 0.309. The molecule has 0 aliphatic heterocycles. The highest BCUT2D eigenvalue weighted by Gasteiger charge is 2.13. The Kier molecular flexibility index (Phi) is 3.88. The quantitative estimate of drug-likeness (QED) is 0.562. The fourth-order valence-electron chi connectivity index (χ4n) is 1.27. The first-order chi connectivity index (χ1) is 7.38. The summed E-state index contributed by atoms with van der Waals surface area (Å²) in [6.45, 7) is 7.57. The van der Waals surface area contributed by atoms with Gasteiger partial charge >= 0.3 is 5.97 Å². The number of aryl methyl sites for hydroxylation is 1. The summed E-state index contributed by atoms with van der Waals surface area (Å²) in [6.07, 6.45) is 3.25. The predicted molar refractivity (Wildman–Crippen MR) is 66.1 cm³/mol. The number of ether oxygens (including phenoxy) is 1. The Bertz CT molecular complexity index is 397. The summed E-state index contributed by atoms with van der Waals surface area (Å²) in [4.78, 5) is 11.4. The van der Waals surface area contributed by atoms with Crippen molar-refractivity contribution in [2.24, 2.45) is 0 Å². The van der Waals surface area contributed by atoms with Gasteiger partial charge in [-0.2, -0.15) is 0 Å². The molecule has 0 radical (unpaired) electrons. The third kappa shape index (κ3) is 4.30. The topological polar surface area (TPSA) is 26.3 Å². The lowest BCUT2D eigenvalue weighted by Crippen LogP contribution is -2.22. The maximum absolute atomic E-state index is 11.4. The molecule has 0 aliphatic carbocycles. The summed E-state index contributed by atoms with van der Waals surface area (Å²) in [7, 11) is 0. The van der Waals surface area contributed by atoms with Gasteiger partial charge < -0.3 is 4.74 Å². The molecule has 0 aromatic heterocycles. The zero-order valence-corrected chi connectivity index (χ0v) is 10.3. The Hall–Kier alpha value is -1.57. The van der Waals surface area contributed by atoms with Gasteiger partial charge in [0.2, 0.25) is 0 Å². The van der Waals surface area contributed by atoms with E-state index in [9.17, 15) is 4.79 Å². The summed E-state index contributed by atoms with van der Waals surface area (Å²) in [5, 5.41) is 0. The SMILES string of the molecule is Cc1ccccc1/C=C/C(=O)OC(C)(C)C. The van der Waals surface area contributed by atoms with Gasteiger partial charge in [-0.25, -0.2) is 4.79 Å². The van der Waals surface area contributed by atoms with Crippen LogP contribution in [0.2, 0.25) is 0 Å². The number of carbonyl (C=O) groups excluding carboxylic acids is 1. The van der Waals surface area contributed by atoms with Gasteiger partial charge in [0.05, 0.1) is 0 Å². The second-order valence-electron chi connectivity index (χ2n) is 4.72. The van der Waals surface area contributed by atoms with Crippen molar-refractivity contribution in [2.45, 2.75) is 33.3 Å². The van der Waals surface area contributed by atoms with Crippen LogP contribution in [0.15, 0.2) is 30.3 Å². The molecule has 2 nitrogen and oxygen atoms in total. The molecule has 0 unspecified atom stereocenters. The predicted octanol–water partition coefficient (Wildman–Crippen LogP) is 3.35. The Balaban J connectivity index is 2.68. The molecular formula is C14H18O2. The van der Waals surface area contributed by atoms with Crippen LogP contribution in [0.25, 0.3) is 6.08 Å². The molecule has 0 amide bonds. The largest absolute Gasteiger partial charge is 0.457 e. The van der Waals surface area contributed by atoms with E-state index in [1.165, 1.54) is 6.08 Å². The van der Waals surface area contributed by atoms with Crippen molar-refractivity contribution in [1.82, 2.24) is 0 Å². The third-order valence-electron chi connectivity index (χ3n) is 1.99. The van der Waals surface area contributed by atoms with Crippen LogP contribution in [0, 0.1) is 6.92 Å². The third-order valence-corrected chi connectivity index (χ3v) is 1.99. The van der Waals surface area contributed by atoms with E-state index in [2.05, 4.69) is 0 Å². The maximum atomic E-state index is 11.4. The van der Waals surface area contributed by atoms with Gasteiger partial charge in [-0.3, -0.25) is 0 Å². The molecule has 2 heteroatoms. The molecule has 1 rings (SSSR count). The van der Waals surface area contributed by atoms with Gasteiger partial charge in [-0.1, -0.05) is 24.3 Å². The van der Waals surface area contributed by atoms with Gasteiger partial charge in [0, 0.05) is 6.08 Å². The van der Waals surface area contributed by atoms with Crippen molar-refractivity contribution in [3.05, 3.63) is 41.5 Å². The van der Waals surface area contributed by atoms with Crippen molar-refractivity contribution in [2.75, 3.05) is 0 Å². The van der Waals surface area contributed by atoms with Crippen LogP contribution < -0.4 is 0 Å². The molecule has 1 aromatic rings. The summed E-state index contributed by atoms with van der Waals surface area (Å²) < 4.78 is 5.17. The Labute approximate surface area is 96.9 Å². The van der Waals surface area contributed by atoms with Gasteiger partial charge in [0.25, 0.3) is 0 Å². The number of benzene rings is 1. The molecule has 0 atom stereocenters. The van der Waals surface area contributed by atoms with Crippen LogP contribution >= 0.6 is 0 Å². The molecule has 0 spiro atoms. The fourth-order valence-corrected chi connectivity index (χ4v) is 1.27. The Morgan fingerprint density at radius 2 is 1.88 bits per heavy atom. The van der Waals surface area contributed by atoms with Crippen LogP contribution in [-0.2, 0) is 9.53 Å². The van der Waals surface area contributed by atoms with E-state index in [0.29, 0.717) is 0 Å². The van der Waals surface area contributed by atoms with Crippen LogP contribution in [0.3, 0.4) is 0 Å². The first kappa shape index (κ1) is 12.5. The van der Waals surface area contributed by atoms with E-state index in [0.717, 1.165) is 11.1 Å². The number of hydrogen-bond acceptors (Lipinski definition) is 2. The molecule has 0 saturated carbocycles. The molecule has 0 aliphatic rings. The van der Waals surface area contributed by atoms with Crippen LogP contribution in [0.1, 0.15) is 31.9 Å². The second-order valence-corrected chi connectivity index (χ2v) is 4.72. The van der Waals surface area contributed by atoms with E-state index in [-0.39, 0.29) is 5.97 Å². The first-order valence-electron chi connectivity index (χ1n) is 5.35. The molecule has 0 heterocycles. The summed E-state index contributed by atoms with van der Waals surface area (Å²) in [5.74, 6) is -0.309. The number of carbonyl (C=O) groups is 1. The van der Waals surface area contributed by atoms with Crippen molar-refractivity contribution in [3.63, 3.8) is 0 Å². The zero-order chi connectivity index (χ0) is 12.2. The normalized spacial score (nSPS) is 11.8. The Morgan fingerprint density at radius 3 is 2.44 bits per heavy atom. The molecular weight excluding hydrogens is 200 g/mol. The highest BCUT2D eigenvalue weighted by molar-refractivity contribution is 5.87. The van der Waals surface area contributed by atoms with Crippen molar-refractivity contribution in [3.8, 4) is 0 Å². The van der Waals surface area contributed by atoms with E-state index < -0.39 is 5.60 Å². The smallest absolute Gasteiger partial charge is 0.331 e. The summed E-state index contributed by atoms with van der Waals surface area (Å²) >= 11 is 0. The van der Waals surface area contributed by atoms with Gasteiger partial charge in [0.1, 0.15) is 5.60 Å². The minimum Gasteiger partial charge on any atom is -0.457 e. The van der Waals surface area contributed by atoms with Gasteiger partial charge in [-0.15, -0.1) is 0 Å². The van der Waals surface area contributed by atoms with E-state index in [1.807, 2.05) is 52.0 Å². The Morgan fingerprint density at radius 1 is 1.25 bits per heavy atom. The number of esters is 1. The second kappa shape index (κ2) is 4.97. The molecule has 16 heavy (non-hydrogen) atoms. The maximum Gasteiger partial charge on any atom is 0.331 e. The van der Waals surface area contributed by atoms with Crippen molar-refractivity contribution in [1.29, 1.82) is 0 Å². The summed E-state index contributed by atoms with van der Waals surface area (Å²) in [5.41, 5.74) is 1.74. The van der Waals surface area contributed by atoms with Crippen molar-refractivity contribution >= 4 is 12.0 Å². The van der Waals surface area contributed by atoms with Crippen LogP contribution in [0.5, 0.6) is 0 Å². The molecule has 0 N–H and O–H groups in total. The average molecular weight is 218 g/mol. The number of rotatable bonds is 2. The lowest BCUT2D eigenvalue weighted by Gasteiger charge is -2.17. The monoisotopic (exact) mass is 218 g/mol. The molecule has 86 valence electrons. The minimum atomic E-state index is -0.437. The lowest BCUT2D eigenvalue weighted by molar-refractivity contribution is -0.148. The molecule has 1 aromatic carbocycles. The van der Waals surface area contributed by atoms with E-state index >= 15 is 0 Å². The van der Waals surface area contributed by atoms with Crippen LogP contribution in [-0.4, -0.2) is 11.6 Å². The van der Waals surface area contributed by atoms with Crippen LogP contribution in [0.4, 0.5) is 0 Å². The van der Waals surface area contributed by atoms with Gasteiger partial charge in [0.15, 0.2) is 0 Å². The average Bonchev–Trinajstić information content (AvgIpc) is 2.14. The zero-order valence-electron chi connectivity index (χ0n) is 10.3. The van der Waals surface area contributed by atoms with E-state index in [1.54, 1.807) is 6.08 Å². The van der Waals surface area contributed by atoms with Crippen molar-refractivity contribution < 1.29 is 9.53 Å². The highest BCUT2D eigenvalue weighted by Crippen LogP contribution is 2.11. The lowest BCUT2D eigenvalue weighted by atomic mass is 10.1. The molecule has 0 bridgehead atoms. The van der Waals surface area contributed by atoms with Gasteiger partial charge in [-0.05, 0) is 44.9 Å². The fraction of sp³-hybridized carbons (Fsp3) is 0.357. The highest BCUT2D eigenvalue weighted by atomic mass is 16.6. The van der Waals surface area contributed by atoms with E-state index in [4.69, 9.17) is 4.74 Å². The first-order valence-corrected chi connectivity index (χ1v) is 5.35. The number of hydrogen-bond donors (Lipinski definition) is 0. The summed E-state index contributed by atoms with van der Waals surface area (Å²) in [6, 6.07) is 7.90. The molecule has 0 saturated heterocycles. The standard InChI is InChI=1S/C14H18O2/c1-11-7-5-6-8-12(11)9-10-13(15)16-14(2,3)4/h5-10H,1-4H3/b10-9+. The molecule has 0 fully saturated rings.